The van der Waals surface area contributed by atoms with Crippen LogP contribution in [0, 0.1) is 6.92 Å². The van der Waals surface area contributed by atoms with Gasteiger partial charge in [-0.3, -0.25) is 4.90 Å². The van der Waals surface area contributed by atoms with Gasteiger partial charge in [0.1, 0.15) is 6.10 Å². The van der Waals surface area contributed by atoms with Crippen LogP contribution in [0.2, 0.25) is 0 Å². The Hall–Kier alpha value is -2.04. The highest BCUT2D eigenvalue weighted by atomic mass is 16.5. The number of rotatable bonds is 4. The van der Waals surface area contributed by atoms with Crippen molar-refractivity contribution in [3.63, 3.8) is 0 Å². The molecule has 2 aromatic carbocycles. The van der Waals surface area contributed by atoms with Crippen molar-refractivity contribution in [2.45, 2.75) is 50.8 Å². The predicted octanol–water partition coefficient (Wildman–Crippen LogP) is 3.86. The van der Waals surface area contributed by atoms with Crippen molar-refractivity contribution in [1.29, 1.82) is 0 Å². The van der Waals surface area contributed by atoms with E-state index in [9.17, 15) is 0 Å². The van der Waals surface area contributed by atoms with E-state index in [2.05, 4.69) is 48.2 Å². The Morgan fingerprint density at radius 1 is 1.07 bits per heavy atom. The summed E-state index contributed by atoms with van der Waals surface area (Å²) in [6.45, 7) is 4.14. The Morgan fingerprint density at radius 3 is 2.74 bits per heavy atom. The molecule has 4 heteroatoms. The van der Waals surface area contributed by atoms with E-state index in [1.54, 1.807) is 7.11 Å². The van der Waals surface area contributed by atoms with Crippen molar-refractivity contribution in [2.24, 2.45) is 5.73 Å². The Morgan fingerprint density at radius 2 is 1.93 bits per heavy atom. The maximum absolute atomic E-state index is 6.68. The average molecular weight is 367 g/mol. The van der Waals surface area contributed by atoms with Crippen LogP contribution in [0.1, 0.15) is 42.1 Å². The summed E-state index contributed by atoms with van der Waals surface area (Å²) in [6, 6.07) is 15.4. The van der Waals surface area contributed by atoms with Gasteiger partial charge in [0.05, 0.1) is 13.2 Å². The van der Waals surface area contributed by atoms with E-state index < -0.39 is 0 Å². The van der Waals surface area contributed by atoms with Crippen LogP contribution in [0.25, 0.3) is 0 Å². The molecule has 1 saturated heterocycles. The second-order valence-electron chi connectivity index (χ2n) is 7.89. The first-order valence-corrected chi connectivity index (χ1v) is 10.0. The van der Waals surface area contributed by atoms with Crippen LogP contribution in [0.15, 0.2) is 42.5 Å². The molecule has 1 aliphatic heterocycles. The van der Waals surface area contributed by atoms with Gasteiger partial charge in [-0.2, -0.15) is 0 Å². The van der Waals surface area contributed by atoms with Crippen LogP contribution >= 0.6 is 0 Å². The van der Waals surface area contributed by atoms with E-state index in [0.29, 0.717) is 6.04 Å². The van der Waals surface area contributed by atoms with Crippen LogP contribution < -0.4 is 15.2 Å². The maximum atomic E-state index is 6.68. The molecule has 4 nitrogen and oxygen atoms in total. The fourth-order valence-electron chi connectivity index (χ4n) is 4.57. The summed E-state index contributed by atoms with van der Waals surface area (Å²) in [7, 11) is 1.70. The molecule has 2 aliphatic rings. The Balaban J connectivity index is 1.69. The average Bonchev–Trinajstić information content (AvgIpc) is 2.68. The summed E-state index contributed by atoms with van der Waals surface area (Å²) in [5.41, 5.74) is 10.2. The first kappa shape index (κ1) is 18.3. The van der Waals surface area contributed by atoms with Crippen molar-refractivity contribution < 1.29 is 9.47 Å². The van der Waals surface area contributed by atoms with Crippen molar-refractivity contribution >= 4 is 0 Å². The molecular weight excluding hydrogens is 336 g/mol. The number of nitrogens with two attached hydrogens (primary N) is 1. The summed E-state index contributed by atoms with van der Waals surface area (Å²) in [6.07, 6.45) is 4.48. The third-order valence-corrected chi connectivity index (χ3v) is 5.95. The van der Waals surface area contributed by atoms with Gasteiger partial charge in [-0.25, -0.2) is 0 Å². The topological polar surface area (TPSA) is 47.7 Å². The highest BCUT2D eigenvalue weighted by molar-refractivity contribution is 5.44. The number of benzene rings is 2. The summed E-state index contributed by atoms with van der Waals surface area (Å²) in [5.74, 6) is 1.61. The van der Waals surface area contributed by atoms with Gasteiger partial charge < -0.3 is 15.2 Å². The van der Waals surface area contributed by atoms with E-state index in [4.69, 9.17) is 15.2 Å². The molecular formula is C23H30N2O2. The number of fused-ring (bicyclic) bond motifs is 1. The molecule has 0 bridgehead atoms. The number of hydrogen-bond donors (Lipinski definition) is 1. The number of hydrogen-bond acceptors (Lipinski definition) is 4. The zero-order chi connectivity index (χ0) is 18.8. The lowest BCUT2D eigenvalue weighted by atomic mass is 9.84. The molecule has 0 saturated carbocycles. The lowest BCUT2D eigenvalue weighted by Gasteiger charge is -2.43. The van der Waals surface area contributed by atoms with Crippen LogP contribution in [0.4, 0.5) is 0 Å². The van der Waals surface area contributed by atoms with Gasteiger partial charge in [0.15, 0.2) is 11.5 Å². The lowest BCUT2D eigenvalue weighted by Crippen LogP contribution is -2.51. The number of likely N-dealkylation sites (tertiary alicyclic amines) is 1. The first-order chi connectivity index (χ1) is 13.2. The van der Waals surface area contributed by atoms with Gasteiger partial charge >= 0.3 is 0 Å². The summed E-state index contributed by atoms with van der Waals surface area (Å²) in [4.78, 5) is 2.55. The maximum Gasteiger partial charge on any atom is 0.162 e. The SMILES string of the molecule is COc1ccc(C)cc1O[C@H]1c2ccccc2CC[C@@H]1N1CCC[C@H](N)C1. The molecule has 0 aromatic heterocycles. The molecule has 3 atom stereocenters. The number of ether oxygens (including phenoxy) is 2. The normalized spacial score (nSPS) is 25.7. The minimum atomic E-state index is -0.00375. The van der Waals surface area contributed by atoms with E-state index in [1.807, 2.05) is 6.07 Å². The van der Waals surface area contributed by atoms with E-state index >= 15 is 0 Å². The van der Waals surface area contributed by atoms with Gasteiger partial charge in [-0.15, -0.1) is 0 Å². The molecule has 27 heavy (non-hydrogen) atoms. The highest BCUT2D eigenvalue weighted by Crippen LogP contribution is 2.40. The van der Waals surface area contributed by atoms with Gasteiger partial charge in [0, 0.05) is 12.6 Å². The third-order valence-electron chi connectivity index (χ3n) is 5.95. The third kappa shape index (κ3) is 3.83. The molecule has 0 spiro atoms. The Labute approximate surface area is 162 Å². The van der Waals surface area contributed by atoms with E-state index in [1.165, 1.54) is 23.1 Å². The van der Waals surface area contributed by atoms with Crippen LogP contribution in [-0.2, 0) is 6.42 Å². The second-order valence-corrected chi connectivity index (χ2v) is 7.89. The summed E-state index contributed by atoms with van der Waals surface area (Å²) < 4.78 is 12.2. The van der Waals surface area contributed by atoms with Gasteiger partial charge in [0.2, 0.25) is 0 Å². The molecule has 2 aromatic rings. The van der Waals surface area contributed by atoms with Crippen molar-refractivity contribution in [2.75, 3.05) is 20.2 Å². The number of nitrogens with zero attached hydrogens (tertiary/aromatic N) is 1. The van der Waals surface area contributed by atoms with Crippen LogP contribution in [0.3, 0.4) is 0 Å². The minimum Gasteiger partial charge on any atom is -0.493 e. The first-order valence-electron chi connectivity index (χ1n) is 10.0. The monoisotopic (exact) mass is 366 g/mol. The Bertz CT molecular complexity index is 792. The number of aryl methyl sites for hydroxylation is 2. The van der Waals surface area contributed by atoms with Crippen molar-refractivity contribution in [1.82, 2.24) is 4.90 Å². The molecule has 1 aliphatic carbocycles. The zero-order valence-corrected chi connectivity index (χ0v) is 16.4. The largest absolute Gasteiger partial charge is 0.493 e. The predicted molar refractivity (Wildman–Crippen MR) is 108 cm³/mol. The molecule has 0 unspecified atom stereocenters. The van der Waals surface area contributed by atoms with Crippen LogP contribution in [0.5, 0.6) is 11.5 Å². The van der Waals surface area contributed by atoms with Crippen LogP contribution in [-0.4, -0.2) is 37.2 Å². The van der Waals surface area contributed by atoms with Gasteiger partial charge in [0.25, 0.3) is 0 Å². The van der Waals surface area contributed by atoms with Crippen molar-refractivity contribution in [3.8, 4) is 11.5 Å². The molecule has 0 amide bonds. The molecule has 2 N–H and O–H groups in total. The summed E-state index contributed by atoms with van der Waals surface area (Å²) in [5, 5.41) is 0. The molecule has 1 fully saturated rings. The zero-order valence-electron chi connectivity index (χ0n) is 16.4. The summed E-state index contributed by atoms with van der Waals surface area (Å²) >= 11 is 0. The van der Waals surface area contributed by atoms with Crippen molar-refractivity contribution in [3.05, 3.63) is 59.2 Å². The quantitative estimate of drug-likeness (QED) is 0.893. The minimum absolute atomic E-state index is 0.00375. The molecule has 0 radical (unpaired) electrons. The molecule has 1 heterocycles. The fourth-order valence-corrected chi connectivity index (χ4v) is 4.57. The molecule has 144 valence electrons. The number of methoxy groups -OCH3 is 1. The highest BCUT2D eigenvalue weighted by Gasteiger charge is 2.37. The van der Waals surface area contributed by atoms with Gasteiger partial charge in [-0.05, 0) is 68.0 Å². The lowest BCUT2D eigenvalue weighted by molar-refractivity contribution is 0.0353. The van der Waals surface area contributed by atoms with E-state index in [-0.39, 0.29) is 12.1 Å². The molecule has 4 rings (SSSR count). The fraction of sp³-hybridized carbons (Fsp3) is 0.478. The number of piperidine rings is 1. The van der Waals surface area contributed by atoms with Gasteiger partial charge in [-0.1, -0.05) is 30.3 Å². The smallest absolute Gasteiger partial charge is 0.162 e. The Kier molecular flexibility index (Phi) is 5.37. The standard InChI is InChI=1S/C23H30N2O2/c1-16-9-12-21(26-2)22(14-16)27-23-19-8-4-3-6-17(19)10-11-20(23)25-13-5-7-18(24)15-25/h3-4,6,8-9,12,14,18,20,23H,5,7,10-11,13,15,24H2,1-2H3/t18-,20-,23-/m0/s1. The second kappa shape index (κ2) is 7.91. The van der Waals surface area contributed by atoms with E-state index in [0.717, 1.165) is 43.9 Å².